The Bertz CT molecular complexity index is 854. The molecule has 2 heterocycles. The number of aryl methyl sites for hydroxylation is 1. The van der Waals surface area contributed by atoms with Crippen LogP contribution in [0.15, 0.2) is 43.0 Å². The zero-order chi connectivity index (χ0) is 17.6. The second-order valence-corrected chi connectivity index (χ2v) is 5.97. The smallest absolute Gasteiger partial charge is 0.242 e. The summed E-state index contributed by atoms with van der Waals surface area (Å²) in [6.45, 7) is 2.51. The first-order valence-corrected chi connectivity index (χ1v) is 8.39. The van der Waals surface area contributed by atoms with Crippen molar-refractivity contribution in [1.29, 1.82) is 0 Å². The van der Waals surface area contributed by atoms with Crippen molar-refractivity contribution < 1.29 is 4.79 Å². The van der Waals surface area contributed by atoms with Crippen LogP contribution in [-0.2, 0) is 18.4 Å². The minimum Gasteiger partial charge on any atom is -0.358 e. The second-order valence-electron chi connectivity index (χ2n) is 5.97. The van der Waals surface area contributed by atoms with E-state index in [9.17, 15) is 4.79 Å². The van der Waals surface area contributed by atoms with Crippen molar-refractivity contribution in [3.05, 3.63) is 48.5 Å². The maximum atomic E-state index is 12.6. The van der Waals surface area contributed by atoms with Crippen molar-refractivity contribution in [1.82, 2.24) is 25.1 Å². The van der Waals surface area contributed by atoms with Crippen LogP contribution in [0.25, 0.3) is 10.9 Å². The fourth-order valence-corrected chi connectivity index (χ4v) is 2.72. The summed E-state index contributed by atoms with van der Waals surface area (Å²) in [5.41, 5.74) is 1.82. The van der Waals surface area contributed by atoms with Crippen LogP contribution in [-0.4, -0.2) is 31.7 Å². The van der Waals surface area contributed by atoms with E-state index in [0.29, 0.717) is 12.4 Å². The summed E-state index contributed by atoms with van der Waals surface area (Å²) in [7, 11) is 1.85. The van der Waals surface area contributed by atoms with Crippen LogP contribution in [0.2, 0.25) is 0 Å². The summed E-state index contributed by atoms with van der Waals surface area (Å²) in [6.07, 6.45) is 6.76. The van der Waals surface area contributed by atoms with Crippen LogP contribution in [0, 0.1) is 0 Å². The summed E-state index contributed by atoms with van der Waals surface area (Å²) < 4.78 is 1.72. The number of hydrogen-bond acceptors (Lipinski definition) is 5. The number of para-hydroxylation sites is 1. The minimum absolute atomic E-state index is 0.0478. The maximum Gasteiger partial charge on any atom is 0.242 e. The first-order valence-electron chi connectivity index (χ1n) is 8.39. The molecular formula is C18H22N6O. The predicted molar refractivity (Wildman–Crippen MR) is 96.9 cm³/mol. The lowest BCUT2D eigenvalue weighted by Crippen LogP contribution is -2.39. The second kappa shape index (κ2) is 7.74. The zero-order valence-electron chi connectivity index (χ0n) is 14.4. The van der Waals surface area contributed by atoms with Crippen LogP contribution in [0.5, 0.6) is 0 Å². The van der Waals surface area contributed by atoms with Gasteiger partial charge in [0.05, 0.1) is 11.7 Å². The molecule has 0 spiro atoms. The molecule has 2 aromatic heterocycles. The molecule has 3 rings (SSSR count). The van der Waals surface area contributed by atoms with Gasteiger partial charge in [0.2, 0.25) is 5.91 Å². The molecule has 0 saturated carbocycles. The van der Waals surface area contributed by atoms with Gasteiger partial charge in [-0.25, -0.2) is 9.97 Å². The van der Waals surface area contributed by atoms with Crippen LogP contribution in [0.4, 0.5) is 5.82 Å². The Labute approximate surface area is 146 Å². The highest BCUT2D eigenvalue weighted by Gasteiger charge is 2.19. The van der Waals surface area contributed by atoms with Crippen molar-refractivity contribution in [2.24, 2.45) is 7.05 Å². The third-order valence-electron chi connectivity index (χ3n) is 3.97. The van der Waals surface area contributed by atoms with Crippen LogP contribution in [0.1, 0.15) is 25.3 Å². The van der Waals surface area contributed by atoms with Gasteiger partial charge in [0.1, 0.15) is 18.2 Å². The third kappa shape index (κ3) is 4.12. The summed E-state index contributed by atoms with van der Waals surface area (Å²) in [4.78, 5) is 21.2. The standard InChI is InChI=1S/C18H22N6O/c1-3-6-16(18(25)19-9-13-10-22-24(2)11-13)23-17-14-7-4-5-8-15(14)20-12-21-17/h4-5,7-8,10-12,16H,3,6,9H2,1-2H3,(H,19,25)(H,20,21,23)/t16-/m1/s1. The Balaban J connectivity index is 1.72. The molecular weight excluding hydrogens is 316 g/mol. The first-order chi connectivity index (χ1) is 12.2. The number of rotatable bonds is 7. The van der Waals surface area contributed by atoms with E-state index in [2.05, 4.69) is 32.6 Å². The number of aromatic nitrogens is 4. The molecule has 0 unspecified atom stereocenters. The Morgan fingerprint density at radius 3 is 2.88 bits per heavy atom. The molecule has 7 nitrogen and oxygen atoms in total. The molecule has 130 valence electrons. The summed E-state index contributed by atoms with van der Waals surface area (Å²) >= 11 is 0. The highest BCUT2D eigenvalue weighted by Crippen LogP contribution is 2.20. The highest BCUT2D eigenvalue weighted by molar-refractivity contribution is 5.91. The SMILES string of the molecule is CCC[C@@H](Nc1ncnc2ccccc12)C(=O)NCc1cnn(C)c1. The van der Waals surface area contributed by atoms with E-state index in [4.69, 9.17) is 0 Å². The summed E-state index contributed by atoms with van der Waals surface area (Å²) in [5.74, 6) is 0.633. The molecule has 25 heavy (non-hydrogen) atoms. The number of carbonyl (C=O) groups excluding carboxylic acids is 1. The minimum atomic E-state index is -0.347. The van der Waals surface area contributed by atoms with Crippen LogP contribution < -0.4 is 10.6 Å². The van der Waals surface area contributed by atoms with Gasteiger partial charge in [-0.2, -0.15) is 5.10 Å². The molecule has 3 aromatic rings. The van der Waals surface area contributed by atoms with E-state index < -0.39 is 0 Å². The number of amides is 1. The Morgan fingerprint density at radius 1 is 1.28 bits per heavy atom. The van der Waals surface area contributed by atoms with E-state index in [1.165, 1.54) is 6.33 Å². The summed E-state index contributed by atoms with van der Waals surface area (Å²) in [6, 6.07) is 7.41. The number of hydrogen-bond donors (Lipinski definition) is 2. The number of fused-ring (bicyclic) bond motifs is 1. The number of nitrogens with one attached hydrogen (secondary N) is 2. The molecule has 0 aliphatic heterocycles. The normalized spacial score (nSPS) is 12.1. The molecule has 2 N–H and O–H groups in total. The average Bonchev–Trinajstić information content (AvgIpc) is 3.05. The number of carbonyl (C=O) groups is 1. The van der Waals surface area contributed by atoms with Gasteiger partial charge in [-0.15, -0.1) is 0 Å². The van der Waals surface area contributed by atoms with Gasteiger partial charge in [0.15, 0.2) is 0 Å². The number of benzene rings is 1. The first kappa shape index (κ1) is 16.9. The van der Waals surface area contributed by atoms with Gasteiger partial charge >= 0.3 is 0 Å². The van der Waals surface area contributed by atoms with E-state index >= 15 is 0 Å². The van der Waals surface area contributed by atoms with Crippen LogP contribution >= 0.6 is 0 Å². The molecule has 0 radical (unpaired) electrons. The molecule has 0 bridgehead atoms. The molecule has 1 amide bonds. The quantitative estimate of drug-likeness (QED) is 0.690. The van der Waals surface area contributed by atoms with E-state index in [-0.39, 0.29) is 11.9 Å². The molecule has 0 fully saturated rings. The van der Waals surface area contributed by atoms with Crippen molar-refractivity contribution in [3.63, 3.8) is 0 Å². The van der Waals surface area contributed by atoms with E-state index in [1.807, 2.05) is 37.5 Å². The highest BCUT2D eigenvalue weighted by atomic mass is 16.2. The predicted octanol–water partition coefficient (Wildman–Crippen LogP) is 2.26. The number of anilines is 1. The van der Waals surface area contributed by atoms with E-state index in [1.54, 1.807) is 10.9 Å². The summed E-state index contributed by atoms with van der Waals surface area (Å²) in [5, 5.41) is 11.3. The fourth-order valence-electron chi connectivity index (χ4n) is 2.72. The molecule has 7 heteroatoms. The van der Waals surface area contributed by atoms with Gasteiger partial charge < -0.3 is 10.6 Å². The van der Waals surface area contributed by atoms with Gasteiger partial charge in [0.25, 0.3) is 0 Å². The fraction of sp³-hybridized carbons (Fsp3) is 0.333. The monoisotopic (exact) mass is 338 g/mol. The van der Waals surface area contributed by atoms with Gasteiger partial charge in [-0.3, -0.25) is 9.48 Å². The lowest BCUT2D eigenvalue weighted by molar-refractivity contribution is -0.122. The van der Waals surface area contributed by atoms with E-state index in [0.717, 1.165) is 29.3 Å². The van der Waals surface area contributed by atoms with Gasteiger partial charge in [-0.1, -0.05) is 25.5 Å². The molecule has 0 aliphatic rings. The topological polar surface area (TPSA) is 84.7 Å². The average molecular weight is 338 g/mol. The zero-order valence-corrected chi connectivity index (χ0v) is 14.4. The maximum absolute atomic E-state index is 12.6. The largest absolute Gasteiger partial charge is 0.358 e. The molecule has 0 aliphatic carbocycles. The van der Waals surface area contributed by atoms with Crippen molar-refractivity contribution in [2.45, 2.75) is 32.4 Å². The van der Waals surface area contributed by atoms with Gasteiger partial charge in [-0.05, 0) is 18.6 Å². The van der Waals surface area contributed by atoms with Gasteiger partial charge in [0, 0.05) is 30.7 Å². The molecule has 0 saturated heterocycles. The lowest BCUT2D eigenvalue weighted by Gasteiger charge is -2.19. The molecule has 1 aromatic carbocycles. The third-order valence-corrected chi connectivity index (χ3v) is 3.97. The lowest BCUT2D eigenvalue weighted by atomic mass is 10.1. The van der Waals surface area contributed by atoms with Crippen molar-refractivity contribution in [2.75, 3.05) is 5.32 Å². The Kier molecular flexibility index (Phi) is 5.23. The Hall–Kier alpha value is -2.96. The van der Waals surface area contributed by atoms with Crippen molar-refractivity contribution in [3.8, 4) is 0 Å². The number of nitrogens with zero attached hydrogens (tertiary/aromatic N) is 4. The van der Waals surface area contributed by atoms with Crippen LogP contribution in [0.3, 0.4) is 0 Å². The van der Waals surface area contributed by atoms with Crippen molar-refractivity contribution >= 4 is 22.6 Å². The molecule has 1 atom stereocenters. The Morgan fingerprint density at radius 2 is 2.12 bits per heavy atom.